The van der Waals surface area contributed by atoms with Crippen LogP contribution in [-0.2, 0) is 9.53 Å². The van der Waals surface area contributed by atoms with Crippen molar-refractivity contribution in [3.8, 4) is 0 Å². The summed E-state index contributed by atoms with van der Waals surface area (Å²) in [4.78, 5) is 11.4. The predicted octanol–water partition coefficient (Wildman–Crippen LogP) is 4.92. The first-order valence-corrected chi connectivity index (χ1v) is 7.54. The van der Waals surface area contributed by atoms with Crippen molar-refractivity contribution in [2.24, 2.45) is 17.8 Å². The zero-order chi connectivity index (χ0) is 15.5. The van der Waals surface area contributed by atoms with Gasteiger partial charge in [-0.2, -0.15) is 0 Å². The molecule has 0 amide bonds. The Morgan fingerprint density at radius 2 is 1.85 bits per heavy atom. The third kappa shape index (κ3) is 9.63. The largest absolute Gasteiger partial charge is 0.463 e. The summed E-state index contributed by atoms with van der Waals surface area (Å²) < 4.78 is 5.18. The second-order valence-corrected chi connectivity index (χ2v) is 6.14. The molecule has 0 aliphatic rings. The van der Waals surface area contributed by atoms with E-state index in [1.54, 1.807) is 0 Å². The fraction of sp³-hybridized carbons (Fsp3) is 0.667. The van der Waals surface area contributed by atoms with Crippen LogP contribution < -0.4 is 0 Å². The normalized spacial score (nSPS) is 13.3. The van der Waals surface area contributed by atoms with E-state index in [0.29, 0.717) is 24.4 Å². The van der Waals surface area contributed by atoms with E-state index >= 15 is 0 Å². The molecule has 0 N–H and O–H groups in total. The molecule has 0 radical (unpaired) electrons. The fourth-order valence-electron chi connectivity index (χ4n) is 2.02. The van der Waals surface area contributed by atoms with Crippen LogP contribution in [0, 0.1) is 17.8 Å². The maximum atomic E-state index is 11.4. The van der Waals surface area contributed by atoms with Crippen LogP contribution in [0.2, 0.25) is 0 Å². The standard InChI is InChI=1S/C18H30O2/c1-7-8-17(15(4)5)10-9-16(6)11-12-20-18(19)13-14(2)3/h8,13,15-17H,1,9-12H2,2-6H3. The van der Waals surface area contributed by atoms with Crippen LogP contribution in [0.15, 0.2) is 30.0 Å². The Balaban J connectivity index is 3.94. The van der Waals surface area contributed by atoms with E-state index in [2.05, 4.69) is 39.2 Å². The third-order valence-electron chi connectivity index (χ3n) is 3.44. The fourth-order valence-corrected chi connectivity index (χ4v) is 2.02. The second kappa shape index (κ2) is 10.5. The van der Waals surface area contributed by atoms with Crippen LogP contribution in [0.3, 0.4) is 0 Å². The number of allylic oxidation sites excluding steroid dienone is 2. The molecule has 0 aromatic carbocycles. The molecule has 20 heavy (non-hydrogen) atoms. The summed E-state index contributed by atoms with van der Waals surface area (Å²) in [7, 11) is 0. The zero-order valence-electron chi connectivity index (χ0n) is 13.7. The van der Waals surface area contributed by atoms with Gasteiger partial charge >= 0.3 is 5.97 Å². The van der Waals surface area contributed by atoms with E-state index < -0.39 is 0 Å². The smallest absolute Gasteiger partial charge is 0.330 e. The number of hydrogen-bond acceptors (Lipinski definition) is 2. The van der Waals surface area contributed by atoms with Crippen LogP contribution in [0.1, 0.15) is 53.9 Å². The van der Waals surface area contributed by atoms with Gasteiger partial charge in [-0.1, -0.05) is 32.9 Å². The van der Waals surface area contributed by atoms with Gasteiger partial charge in [-0.25, -0.2) is 4.79 Å². The Morgan fingerprint density at radius 3 is 2.35 bits per heavy atom. The highest BCUT2D eigenvalue weighted by atomic mass is 16.5. The van der Waals surface area contributed by atoms with Crippen molar-refractivity contribution in [1.29, 1.82) is 0 Å². The summed E-state index contributed by atoms with van der Waals surface area (Å²) in [5.41, 5.74) is 3.87. The molecule has 2 unspecified atom stereocenters. The van der Waals surface area contributed by atoms with Gasteiger partial charge in [0.1, 0.15) is 0 Å². The molecule has 0 aliphatic carbocycles. The van der Waals surface area contributed by atoms with Crippen LogP contribution >= 0.6 is 0 Å². The molecule has 0 bridgehead atoms. The summed E-state index contributed by atoms with van der Waals surface area (Å²) >= 11 is 0. The van der Waals surface area contributed by atoms with Crippen LogP contribution in [0.5, 0.6) is 0 Å². The molecule has 0 aromatic rings. The molecule has 0 saturated carbocycles. The van der Waals surface area contributed by atoms with Gasteiger partial charge in [-0.15, -0.1) is 5.73 Å². The molecule has 0 rings (SSSR count). The molecule has 114 valence electrons. The average Bonchev–Trinajstić information content (AvgIpc) is 2.33. The minimum atomic E-state index is -0.230. The van der Waals surface area contributed by atoms with Gasteiger partial charge in [-0.3, -0.25) is 0 Å². The summed E-state index contributed by atoms with van der Waals surface area (Å²) in [6.07, 6.45) is 6.82. The molecular formula is C18H30O2. The minimum Gasteiger partial charge on any atom is -0.463 e. The average molecular weight is 278 g/mol. The maximum absolute atomic E-state index is 11.4. The molecule has 0 aromatic heterocycles. The summed E-state index contributed by atoms with van der Waals surface area (Å²) in [6.45, 7) is 14.6. The number of ether oxygens (including phenoxy) is 1. The minimum absolute atomic E-state index is 0.230. The van der Waals surface area contributed by atoms with Gasteiger partial charge < -0.3 is 4.74 Å². The first-order valence-electron chi connectivity index (χ1n) is 7.54. The SMILES string of the molecule is C=C=CC(CCC(C)CCOC(=O)C=C(C)C)C(C)C. The van der Waals surface area contributed by atoms with Crippen molar-refractivity contribution < 1.29 is 9.53 Å². The molecule has 0 aliphatic heterocycles. The van der Waals surface area contributed by atoms with Crippen molar-refractivity contribution in [1.82, 2.24) is 0 Å². The predicted molar refractivity (Wildman–Crippen MR) is 85.4 cm³/mol. The highest BCUT2D eigenvalue weighted by Gasteiger charge is 2.12. The number of rotatable bonds is 9. The van der Waals surface area contributed by atoms with Crippen molar-refractivity contribution >= 4 is 5.97 Å². The van der Waals surface area contributed by atoms with Gasteiger partial charge in [0, 0.05) is 6.08 Å². The molecule has 2 nitrogen and oxygen atoms in total. The van der Waals surface area contributed by atoms with E-state index in [1.807, 2.05) is 13.8 Å². The lowest BCUT2D eigenvalue weighted by Gasteiger charge is -2.18. The van der Waals surface area contributed by atoms with Crippen molar-refractivity contribution in [2.45, 2.75) is 53.9 Å². The summed E-state index contributed by atoms with van der Waals surface area (Å²) in [5.74, 6) is 1.50. The molecule has 2 heteroatoms. The third-order valence-corrected chi connectivity index (χ3v) is 3.44. The Hall–Kier alpha value is -1.27. The van der Waals surface area contributed by atoms with Crippen molar-refractivity contribution in [2.75, 3.05) is 6.61 Å². The number of carbonyl (C=O) groups excluding carboxylic acids is 1. The molecule has 2 atom stereocenters. The Kier molecular flexibility index (Phi) is 9.84. The monoisotopic (exact) mass is 278 g/mol. The van der Waals surface area contributed by atoms with Crippen molar-refractivity contribution in [3.05, 3.63) is 30.0 Å². The quantitative estimate of drug-likeness (QED) is 0.340. The number of esters is 1. The van der Waals surface area contributed by atoms with Gasteiger partial charge in [0.25, 0.3) is 0 Å². The van der Waals surface area contributed by atoms with E-state index in [9.17, 15) is 4.79 Å². The lowest BCUT2D eigenvalue weighted by Crippen LogP contribution is -2.10. The van der Waals surface area contributed by atoms with Crippen LogP contribution in [0.4, 0.5) is 0 Å². The first-order chi connectivity index (χ1) is 9.36. The Morgan fingerprint density at radius 1 is 1.20 bits per heavy atom. The van der Waals surface area contributed by atoms with Gasteiger partial charge in [0.15, 0.2) is 0 Å². The number of carbonyl (C=O) groups is 1. The van der Waals surface area contributed by atoms with E-state index in [-0.39, 0.29) is 5.97 Å². The first kappa shape index (κ1) is 18.7. The van der Waals surface area contributed by atoms with Gasteiger partial charge in [0.2, 0.25) is 0 Å². The molecule has 0 spiro atoms. The van der Waals surface area contributed by atoms with Gasteiger partial charge in [-0.05, 0) is 56.9 Å². The number of hydrogen-bond donors (Lipinski definition) is 0. The summed E-state index contributed by atoms with van der Waals surface area (Å²) in [6, 6.07) is 0. The summed E-state index contributed by atoms with van der Waals surface area (Å²) in [5, 5.41) is 0. The molecular weight excluding hydrogens is 248 g/mol. The van der Waals surface area contributed by atoms with Crippen molar-refractivity contribution in [3.63, 3.8) is 0 Å². The maximum Gasteiger partial charge on any atom is 0.330 e. The molecule has 0 fully saturated rings. The van der Waals surface area contributed by atoms with E-state index in [4.69, 9.17) is 4.74 Å². The van der Waals surface area contributed by atoms with E-state index in [0.717, 1.165) is 24.8 Å². The van der Waals surface area contributed by atoms with Crippen LogP contribution in [-0.4, -0.2) is 12.6 Å². The highest BCUT2D eigenvalue weighted by molar-refractivity contribution is 5.82. The van der Waals surface area contributed by atoms with Gasteiger partial charge in [0.05, 0.1) is 6.61 Å². The molecule has 0 heterocycles. The Labute approximate surface area is 124 Å². The van der Waals surface area contributed by atoms with Crippen LogP contribution in [0.25, 0.3) is 0 Å². The van der Waals surface area contributed by atoms with E-state index in [1.165, 1.54) is 6.08 Å². The highest BCUT2D eigenvalue weighted by Crippen LogP contribution is 2.22. The Bertz CT molecular complexity index is 356. The molecule has 0 saturated heterocycles. The zero-order valence-corrected chi connectivity index (χ0v) is 13.7. The lowest BCUT2D eigenvalue weighted by molar-refractivity contribution is -0.138. The topological polar surface area (TPSA) is 26.3 Å². The lowest BCUT2D eigenvalue weighted by atomic mass is 9.87. The second-order valence-electron chi connectivity index (χ2n) is 6.14.